The molecule has 1 saturated heterocycles. The summed E-state index contributed by atoms with van der Waals surface area (Å²) in [6.07, 6.45) is 2.50. The SMILES string of the molecule is COc1ccc(C=C2NC(=O)N(CCCCC(=O)O)C2=O)cc1. The largest absolute Gasteiger partial charge is 0.497 e. The number of carboxylic acids is 1. The zero-order valence-corrected chi connectivity index (χ0v) is 12.7. The monoisotopic (exact) mass is 318 g/mol. The van der Waals surface area contributed by atoms with Gasteiger partial charge in [0, 0.05) is 13.0 Å². The first kappa shape index (κ1) is 16.5. The lowest BCUT2D eigenvalue weighted by atomic mass is 10.2. The Bertz CT molecular complexity index is 636. The molecule has 1 fully saturated rings. The molecule has 1 heterocycles. The van der Waals surface area contributed by atoms with Crippen molar-refractivity contribution in [2.45, 2.75) is 19.3 Å². The molecule has 23 heavy (non-hydrogen) atoms. The Kier molecular flexibility index (Phi) is 5.35. The van der Waals surface area contributed by atoms with E-state index < -0.39 is 17.9 Å². The molecule has 1 aromatic carbocycles. The van der Waals surface area contributed by atoms with Crippen LogP contribution in [0.3, 0.4) is 0 Å². The molecular weight excluding hydrogens is 300 g/mol. The van der Waals surface area contributed by atoms with Gasteiger partial charge in [-0.3, -0.25) is 14.5 Å². The van der Waals surface area contributed by atoms with Crippen molar-refractivity contribution >= 4 is 24.0 Å². The van der Waals surface area contributed by atoms with E-state index in [9.17, 15) is 14.4 Å². The van der Waals surface area contributed by atoms with Gasteiger partial charge < -0.3 is 15.2 Å². The number of rotatable bonds is 7. The summed E-state index contributed by atoms with van der Waals surface area (Å²) >= 11 is 0. The summed E-state index contributed by atoms with van der Waals surface area (Å²) in [5, 5.41) is 11.1. The minimum atomic E-state index is -0.887. The van der Waals surface area contributed by atoms with Crippen molar-refractivity contribution in [1.29, 1.82) is 0 Å². The van der Waals surface area contributed by atoms with E-state index >= 15 is 0 Å². The second-order valence-electron chi connectivity index (χ2n) is 5.07. The lowest BCUT2D eigenvalue weighted by Crippen LogP contribution is -2.31. The molecule has 0 saturated carbocycles. The van der Waals surface area contributed by atoms with Crippen LogP contribution in [0.25, 0.3) is 6.08 Å². The topological polar surface area (TPSA) is 95.9 Å². The van der Waals surface area contributed by atoms with E-state index in [1.54, 1.807) is 37.5 Å². The molecule has 0 bridgehead atoms. The number of urea groups is 1. The molecule has 0 aliphatic carbocycles. The third-order valence-electron chi connectivity index (χ3n) is 3.41. The number of carbonyl (C=O) groups excluding carboxylic acids is 2. The van der Waals surface area contributed by atoms with Gasteiger partial charge in [0.1, 0.15) is 11.4 Å². The minimum absolute atomic E-state index is 0.0260. The molecule has 7 nitrogen and oxygen atoms in total. The van der Waals surface area contributed by atoms with Crippen LogP contribution in [0.2, 0.25) is 0 Å². The van der Waals surface area contributed by atoms with Gasteiger partial charge >= 0.3 is 12.0 Å². The molecule has 2 rings (SSSR count). The van der Waals surface area contributed by atoms with E-state index in [-0.39, 0.29) is 18.7 Å². The highest BCUT2D eigenvalue weighted by Crippen LogP contribution is 2.17. The van der Waals surface area contributed by atoms with Gasteiger partial charge in [-0.15, -0.1) is 0 Å². The first-order chi connectivity index (χ1) is 11.0. The number of hydrogen-bond acceptors (Lipinski definition) is 4. The van der Waals surface area contributed by atoms with Crippen LogP contribution in [0.4, 0.5) is 4.79 Å². The summed E-state index contributed by atoms with van der Waals surface area (Å²) in [5.74, 6) is -0.586. The van der Waals surface area contributed by atoms with Crippen molar-refractivity contribution in [3.05, 3.63) is 35.5 Å². The predicted molar refractivity (Wildman–Crippen MR) is 82.7 cm³/mol. The zero-order chi connectivity index (χ0) is 16.8. The molecule has 1 aromatic rings. The highest BCUT2D eigenvalue weighted by Gasteiger charge is 2.32. The van der Waals surface area contributed by atoms with Crippen molar-refractivity contribution < 1.29 is 24.2 Å². The van der Waals surface area contributed by atoms with Gasteiger partial charge in [-0.25, -0.2) is 4.79 Å². The molecule has 0 spiro atoms. The average Bonchev–Trinajstić information content (AvgIpc) is 2.79. The van der Waals surface area contributed by atoms with Gasteiger partial charge in [0.25, 0.3) is 5.91 Å². The maximum atomic E-state index is 12.2. The summed E-state index contributed by atoms with van der Waals surface area (Å²) in [7, 11) is 1.57. The molecule has 122 valence electrons. The summed E-state index contributed by atoms with van der Waals surface area (Å²) in [5.41, 5.74) is 0.973. The highest BCUT2D eigenvalue weighted by molar-refractivity contribution is 6.13. The Morgan fingerprint density at radius 1 is 1.26 bits per heavy atom. The predicted octanol–water partition coefficient (Wildman–Crippen LogP) is 1.84. The van der Waals surface area contributed by atoms with Crippen molar-refractivity contribution in [1.82, 2.24) is 10.2 Å². The third-order valence-corrected chi connectivity index (χ3v) is 3.41. The number of amides is 3. The second-order valence-corrected chi connectivity index (χ2v) is 5.07. The summed E-state index contributed by atoms with van der Waals surface area (Å²) in [6.45, 7) is 0.206. The smallest absolute Gasteiger partial charge is 0.329 e. The van der Waals surface area contributed by atoms with Crippen LogP contribution >= 0.6 is 0 Å². The number of methoxy groups -OCH3 is 1. The number of nitrogens with zero attached hydrogens (tertiary/aromatic N) is 1. The summed E-state index contributed by atoms with van der Waals surface area (Å²) < 4.78 is 5.06. The van der Waals surface area contributed by atoms with Crippen molar-refractivity contribution in [2.24, 2.45) is 0 Å². The van der Waals surface area contributed by atoms with Crippen LogP contribution in [-0.2, 0) is 9.59 Å². The fraction of sp³-hybridized carbons (Fsp3) is 0.312. The Hall–Kier alpha value is -2.83. The number of ether oxygens (including phenoxy) is 1. The van der Waals surface area contributed by atoms with Crippen molar-refractivity contribution in [2.75, 3.05) is 13.7 Å². The second kappa shape index (κ2) is 7.44. The van der Waals surface area contributed by atoms with E-state index in [4.69, 9.17) is 9.84 Å². The first-order valence-corrected chi connectivity index (χ1v) is 7.21. The molecule has 2 N–H and O–H groups in total. The summed E-state index contributed by atoms with van der Waals surface area (Å²) in [6, 6.07) is 6.60. The Balaban J connectivity index is 1.99. The van der Waals surface area contributed by atoms with Crippen LogP contribution in [-0.4, -0.2) is 41.6 Å². The number of hydrogen-bond donors (Lipinski definition) is 2. The number of benzene rings is 1. The standard InChI is InChI=1S/C16H18N2O5/c1-23-12-7-5-11(6-8-12)10-13-15(21)18(16(22)17-13)9-3-2-4-14(19)20/h5-8,10H,2-4,9H2,1H3,(H,17,22)(H,19,20). The molecule has 3 amide bonds. The van der Waals surface area contributed by atoms with Gasteiger partial charge in [0.15, 0.2) is 0 Å². The molecule has 1 aliphatic rings. The number of carboxylic acid groups (broad SMARTS) is 1. The maximum absolute atomic E-state index is 12.2. The highest BCUT2D eigenvalue weighted by atomic mass is 16.5. The van der Waals surface area contributed by atoms with E-state index in [1.165, 1.54) is 0 Å². The molecule has 0 unspecified atom stereocenters. The Labute approximate surface area is 133 Å². The molecular formula is C16H18N2O5. The molecule has 0 atom stereocenters. The number of imide groups is 1. The average molecular weight is 318 g/mol. The van der Waals surface area contributed by atoms with Crippen LogP contribution < -0.4 is 10.1 Å². The van der Waals surface area contributed by atoms with E-state index in [1.807, 2.05) is 0 Å². The van der Waals surface area contributed by atoms with E-state index in [0.717, 1.165) is 10.5 Å². The maximum Gasteiger partial charge on any atom is 0.329 e. The normalized spacial score (nSPS) is 15.9. The van der Waals surface area contributed by atoms with E-state index in [0.29, 0.717) is 18.6 Å². The van der Waals surface area contributed by atoms with Gasteiger partial charge in [0.2, 0.25) is 0 Å². The minimum Gasteiger partial charge on any atom is -0.497 e. The van der Waals surface area contributed by atoms with Gasteiger partial charge in [-0.05, 0) is 36.6 Å². The van der Waals surface area contributed by atoms with Crippen LogP contribution in [0.5, 0.6) is 5.75 Å². The lowest BCUT2D eigenvalue weighted by molar-refractivity contribution is -0.137. The third kappa shape index (κ3) is 4.32. The van der Waals surface area contributed by atoms with Gasteiger partial charge in [0.05, 0.1) is 7.11 Å². The molecule has 1 aliphatic heterocycles. The number of aliphatic carboxylic acids is 1. The molecule has 0 radical (unpaired) electrons. The number of nitrogens with one attached hydrogen (secondary N) is 1. The van der Waals surface area contributed by atoms with Crippen LogP contribution in [0.15, 0.2) is 30.0 Å². The number of carbonyl (C=O) groups is 3. The van der Waals surface area contributed by atoms with Gasteiger partial charge in [-0.1, -0.05) is 12.1 Å². The summed E-state index contributed by atoms with van der Waals surface area (Å²) in [4.78, 5) is 35.6. The molecule has 7 heteroatoms. The quantitative estimate of drug-likeness (QED) is 0.454. The number of unbranched alkanes of at least 4 members (excludes halogenated alkanes) is 1. The van der Waals surface area contributed by atoms with E-state index in [2.05, 4.69) is 5.32 Å². The fourth-order valence-electron chi connectivity index (χ4n) is 2.19. The Morgan fingerprint density at radius 2 is 1.96 bits per heavy atom. The Morgan fingerprint density at radius 3 is 2.57 bits per heavy atom. The fourth-order valence-corrected chi connectivity index (χ4v) is 2.19. The van der Waals surface area contributed by atoms with Crippen molar-refractivity contribution in [3.8, 4) is 5.75 Å². The lowest BCUT2D eigenvalue weighted by Gasteiger charge is -2.10. The van der Waals surface area contributed by atoms with Crippen molar-refractivity contribution in [3.63, 3.8) is 0 Å². The van der Waals surface area contributed by atoms with Crippen LogP contribution in [0.1, 0.15) is 24.8 Å². The zero-order valence-electron chi connectivity index (χ0n) is 12.7. The van der Waals surface area contributed by atoms with Gasteiger partial charge in [-0.2, -0.15) is 0 Å². The molecule has 0 aromatic heterocycles. The van der Waals surface area contributed by atoms with Crippen LogP contribution in [0, 0.1) is 0 Å². The first-order valence-electron chi connectivity index (χ1n) is 7.21.